The Bertz CT molecular complexity index is 1850. The molecule has 0 aromatic carbocycles. The maximum absolute atomic E-state index is 11.8. The Balaban J connectivity index is -0.00000141. The molecule has 4 atom stereocenters. The van der Waals surface area contributed by atoms with Gasteiger partial charge in [0.1, 0.15) is 45.3 Å². The summed E-state index contributed by atoms with van der Waals surface area (Å²) in [7, 11) is -9.46. The molecule has 0 radical (unpaired) electrons. The molecule has 78 heavy (non-hydrogen) atoms. The van der Waals surface area contributed by atoms with E-state index in [0.29, 0.717) is 57.3 Å². The summed E-state index contributed by atoms with van der Waals surface area (Å²) in [5.41, 5.74) is 0.560. The third-order valence-electron chi connectivity index (χ3n) is 8.92. The van der Waals surface area contributed by atoms with Crippen molar-refractivity contribution in [1.82, 2.24) is 15.0 Å². The molecule has 1 aromatic heterocycles. The molecular weight excluding hydrogens is 1110 g/mol. The van der Waals surface area contributed by atoms with Crippen LogP contribution >= 0.6 is 15.6 Å². The van der Waals surface area contributed by atoms with E-state index in [9.17, 15) is 57.3 Å². The van der Waals surface area contributed by atoms with Gasteiger partial charge in [-0.3, -0.25) is 47.5 Å². The van der Waals surface area contributed by atoms with E-state index in [1.807, 2.05) is 13.8 Å². The summed E-state index contributed by atoms with van der Waals surface area (Å²) in [6.45, 7) is 8.29. The average molecular weight is 1180 g/mol. The minimum absolute atomic E-state index is 0. The summed E-state index contributed by atoms with van der Waals surface area (Å²) in [6, 6.07) is 0.163. The number of hydrogen-bond donors (Lipinski definition) is 0. The molecule has 0 fully saturated rings. The van der Waals surface area contributed by atoms with Crippen LogP contribution in [-0.2, 0) is 124 Å². The SMILES string of the molecule is CC(C)CCOCCOCCCC(=O)COCCOC(=O)CCCOP(=O)([O-])OCC(COC=O)OC=O.CC(C)n1cc(COC(=O)CCCOCCOC(=O)CCCOP(=O)([O-])OCC(COC=O)OC=O)nn1.[Na+].[Na+]. The Morgan fingerprint density at radius 2 is 0.987 bits per heavy atom. The second-order valence-electron chi connectivity index (χ2n) is 16.1. The van der Waals surface area contributed by atoms with Crippen molar-refractivity contribution >= 4 is 65.2 Å². The maximum Gasteiger partial charge on any atom is 1.00 e. The molecule has 30 nitrogen and oxygen atoms in total. The van der Waals surface area contributed by atoms with Crippen LogP contribution in [0.15, 0.2) is 6.20 Å². The predicted molar refractivity (Wildman–Crippen MR) is 252 cm³/mol. The van der Waals surface area contributed by atoms with Crippen LogP contribution in [0.4, 0.5) is 0 Å². The molecule has 0 aliphatic heterocycles. The Labute approximate surface area is 497 Å². The first-order valence-corrected chi connectivity index (χ1v) is 27.0. The monoisotopic (exact) mass is 1180 g/mol. The molecule has 0 aliphatic carbocycles. The number of esters is 3. The predicted octanol–water partition coefficient (Wildman–Crippen LogP) is -4.78. The number of aromatic nitrogens is 3. The van der Waals surface area contributed by atoms with Crippen molar-refractivity contribution in [3.8, 4) is 0 Å². The van der Waals surface area contributed by atoms with Gasteiger partial charge in [-0.2, -0.15) is 0 Å². The van der Waals surface area contributed by atoms with Crippen molar-refractivity contribution in [2.45, 2.75) is 110 Å². The van der Waals surface area contributed by atoms with Crippen LogP contribution in [0.25, 0.3) is 0 Å². The standard InChI is InChI=1S/C23H41O14P.C21H34N3O13P.2Na/c1-20(2)7-10-31-12-11-30-8-3-5-21(26)15-32-13-14-34-23(27)6-4-9-36-38(28,29)37-17-22(35-19-25)16-33-18-24;1-17(2)24-11-18(22-23-24)12-34-21(28)5-3-7-31-9-10-33-20(27)6-4-8-36-38(29,30)37-14-19(35-16-26)13-32-15-25;;/h18-20,22H,3-17H2,1-2H3,(H,28,29);11,15-17,19H,3-10,12-14H2,1-2H3,(H,29,30);;/q;;2*+1/p-2. The molecule has 0 saturated heterocycles. The summed E-state index contributed by atoms with van der Waals surface area (Å²) in [5, 5.41) is 7.84. The minimum Gasteiger partial charge on any atom is -0.756 e. The smallest absolute Gasteiger partial charge is 0.756 e. The molecule has 0 bridgehead atoms. The van der Waals surface area contributed by atoms with Crippen LogP contribution in [0.3, 0.4) is 0 Å². The molecule has 0 N–H and O–H groups in total. The zero-order valence-electron chi connectivity index (χ0n) is 45.3. The van der Waals surface area contributed by atoms with Gasteiger partial charge in [0.05, 0.1) is 59.1 Å². The number of hydrogen-bond acceptors (Lipinski definition) is 29. The molecule has 0 aliphatic rings. The van der Waals surface area contributed by atoms with Gasteiger partial charge in [-0.25, -0.2) is 4.68 Å². The first-order chi connectivity index (χ1) is 36.4. The zero-order chi connectivity index (χ0) is 56.7. The van der Waals surface area contributed by atoms with Gasteiger partial charge < -0.3 is 80.0 Å². The summed E-state index contributed by atoms with van der Waals surface area (Å²) >= 11 is 0. The Hall–Kier alpha value is -2.84. The van der Waals surface area contributed by atoms with E-state index in [1.165, 1.54) is 0 Å². The number of ether oxygens (including phenoxy) is 11. The van der Waals surface area contributed by atoms with Crippen LogP contribution < -0.4 is 68.9 Å². The molecule has 0 saturated carbocycles. The fourth-order valence-electron chi connectivity index (χ4n) is 5.04. The van der Waals surface area contributed by atoms with Crippen molar-refractivity contribution < 1.29 is 187 Å². The molecular formula is C44H73N3Na2O27P2. The summed E-state index contributed by atoms with van der Waals surface area (Å²) in [5.74, 6) is -1.05. The van der Waals surface area contributed by atoms with E-state index in [-0.39, 0.29) is 188 Å². The third kappa shape index (κ3) is 50.1. The van der Waals surface area contributed by atoms with Gasteiger partial charge in [-0.15, -0.1) is 5.10 Å². The topological polar surface area (TPSA) is 386 Å². The largest absolute Gasteiger partial charge is 1.00 e. The van der Waals surface area contributed by atoms with Crippen molar-refractivity contribution in [3.05, 3.63) is 11.9 Å². The van der Waals surface area contributed by atoms with Crippen molar-refractivity contribution in [2.24, 2.45) is 5.92 Å². The van der Waals surface area contributed by atoms with E-state index in [1.54, 1.807) is 10.9 Å². The molecule has 438 valence electrons. The number of phosphoric ester groups is 2. The van der Waals surface area contributed by atoms with E-state index in [0.717, 1.165) is 6.42 Å². The van der Waals surface area contributed by atoms with Gasteiger partial charge in [-0.05, 0) is 51.9 Å². The fraction of sp³-hybridized carbons (Fsp3) is 0.773. The van der Waals surface area contributed by atoms with Crippen molar-refractivity contribution in [2.75, 3.05) is 106 Å². The van der Waals surface area contributed by atoms with Crippen LogP contribution in [0.2, 0.25) is 0 Å². The molecule has 1 rings (SSSR count). The van der Waals surface area contributed by atoms with E-state index >= 15 is 0 Å². The van der Waals surface area contributed by atoms with Crippen LogP contribution in [0.5, 0.6) is 0 Å². The van der Waals surface area contributed by atoms with E-state index in [2.05, 4.69) is 61.2 Å². The van der Waals surface area contributed by atoms with E-state index in [4.69, 9.17) is 33.2 Å². The van der Waals surface area contributed by atoms with Crippen molar-refractivity contribution in [1.29, 1.82) is 0 Å². The molecule has 4 unspecified atom stereocenters. The number of ketones is 1. The zero-order valence-corrected chi connectivity index (χ0v) is 51.1. The fourth-order valence-corrected chi connectivity index (χ4v) is 6.59. The number of rotatable bonds is 51. The first kappa shape index (κ1) is 79.4. The quantitative estimate of drug-likeness (QED) is 0.0148. The van der Waals surface area contributed by atoms with Gasteiger partial charge in [0.25, 0.3) is 41.5 Å². The van der Waals surface area contributed by atoms with Crippen LogP contribution in [0, 0.1) is 5.92 Å². The van der Waals surface area contributed by atoms with Crippen LogP contribution in [0.1, 0.15) is 97.2 Å². The third-order valence-corrected chi connectivity index (χ3v) is 10.8. The van der Waals surface area contributed by atoms with Gasteiger partial charge in [-0.1, -0.05) is 19.1 Å². The number of nitrogens with zero attached hydrogens (tertiary/aromatic N) is 3. The number of carbonyl (C=O) groups excluding carboxylic acids is 8. The second-order valence-corrected chi connectivity index (χ2v) is 19.0. The molecule has 1 heterocycles. The van der Waals surface area contributed by atoms with Gasteiger partial charge >= 0.3 is 77.0 Å². The average Bonchev–Trinajstić information content (AvgIpc) is 3.87. The summed E-state index contributed by atoms with van der Waals surface area (Å²) in [6.07, 6.45) is 1.78. The van der Waals surface area contributed by atoms with E-state index < -0.39 is 72.2 Å². The molecule has 1 aromatic rings. The number of Topliss-reactive ketones (excluding diaryl/α,β-unsaturated/α-hetero) is 1. The van der Waals surface area contributed by atoms with Gasteiger partial charge in [0, 0.05) is 51.5 Å². The Morgan fingerprint density at radius 3 is 1.44 bits per heavy atom. The maximum atomic E-state index is 11.8. The Kier molecular flexibility index (Phi) is 53.2. The first-order valence-electron chi connectivity index (χ1n) is 24.1. The summed E-state index contributed by atoms with van der Waals surface area (Å²) in [4.78, 5) is 111. The van der Waals surface area contributed by atoms with Gasteiger partial charge in [0.15, 0.2) is 18.0 Å². The van der Waals surface area contributed by atoms with Crippen LogP contribution in [-0.4, -0.2) is 182 Å². The van der Waals surface area contributed by atoms with Crippen molar-refractivity contribution in [3.63, 3.8) is 0 Å². The minimum atomic E-state index is -4.73. The number of phosphoric acid groups is 2. The normalized spacial score (nSPS) is 13.1. The second kappa shape index (κ2) is 52.2. The molecule has 0 spiro atoms. The van der Waals surface area contributed by atoms with Gasteiger partial charge in [0.2, 0.25) is 0 Å². The molecule has 34 heteroatoms. The number of carbonyl (C=O) groups is 8. The molecule has 0 amide bonds. The summed E-state index contributed by atoms with van der Waals surface area (Å²) < 4.78 is 97.4. The Morgan fingerprint density at radius 1 is 0.551 bits per heavy atom.